The van der Waals surface area contributed by atoms with Crippen molar-refractivity contribution in [3.05, 3.63) is 57.4 Å². The summed E-state index contributed by atoms with van der Waals surface area (Å²) >= 11 is 0. The van der Waals surface area contributed by atoms with Crippen LogP contribution in [0.15, 0.2) is 35.1 Å². The van der Waals surface area contributed by atoms with Crippen LogP contribution in [0, 0.1) is 0 Å². The third-order valence-electron chi connectivity index (χ3n) is 11.9. The molecule has 2 aliphatic heterocycles. The largest absolute Gasteiger partial charge is 0.514 e. The predicted molar refractivity (Wildman–Crippen MR) is 256 cm³/mol. The number of carbonyl (C=O) groups excluding carboxylic acids is 6. The van der Waals surface area contributed by atoms with Crippen LogP contribution >= 0.6 is 0 Å². The summed E-state index contributed by atoms with van der Waals surface area (Å²) in [6.45, 7) is 13.4. The SMILES string of the molecule is CCCCCCCCCCCCCCCC(=O)N[C@@H](CCC(=O)NCC(=O)O[C@]1(CC)C(=O)OCc2c1cc1n(c2=O)Cc2cc3cc(OC(=O)OC(C)(C)C)ccc3nc2-1)C(=O)OC(C)(C)C. The molecule has 372 valence electrons. The molecule has 0 radical (unpaired) electrons. The van der Waals surface area contributed by atoms with E-state index in [9.17, 15) is 33.6 Å². The van der Waals surface area contributed by atoms with Crippen molar-refractivity contribution < 1.29 is 52.5 Å². The number of cyclic esters (lactones) is 1. The summed E-state index contributed by atoms with van der Waals surface area (Å²) in [6, 6.07) is 7.28. The molecule has 0 spiro atoms. The van der Waals surface area contributed by atoms with Crippen LogP contribution in [0.25, 0.3) is 22.3 Å². The van der Waals surface area contributed by atoms with Crippen LogP contribution in [0.4, 0.5) is 4.79 Å². The minimum Gasteiger partial charge on any atom is -0.458 e. The van der Waals surface area contributed by atoms with E-state index in [1.807, 2.05) is 6.07 Å². The number of hydrogen-bond acceptors (Lipinski definition) is 13. The molecule has 0 fully saturated rings. The molecule has 2 aromatic heterocycles. The predicted octanol–water partition coefficient (Wildman–Crippen LogP) is 9.15. The van der Waals surface area contributed by atoms with Gasteiger partial charge in [0.2, 0.25) is 17.4 Å². The van der Waals surface area contributed by atoms with Crippen LogP contribution in [-0.2, 0) is 61.7 Å². The zero-order valence-electron chi connectivity index (χ0n) is 41.4. The number of aromatic nitrogens is 2. The Morgan fingerprint density at radius 1 is 0.794 bits per heavy atom. The van der Waals surface area contributed by atoms with E-state index in [0.29, 0.717) is 34.3 Å². The van der Waals surface area contributed by atoms with E-state index in [1.54, 1.807) is 72.7 Å². The van der Waals surface area contributed by atoms with Crippen molar-refractivity contribution >= 4 is 46.8 Å². The summed E-state index contributed by atoms with van der Waals surface area (Å²) < 4.78 is 29.0. The maximum absolute atomic E-state index is 14.1. The molecule has 0 saturated heterocycles. The lowest BCUT2D eigenvalue weighted by Crippen LogP contribution is -2.48. The van der Waals surface area contributed by atoms with Gasteiger partial charge >= 0.3 is 24.1 Å². The number of ether oxygens (including phenoxy) is 5. The van der Waals surface area contributed by atoms with E-state index in [0.717, 1.165) is 19.3 Å². The number of unbranched alkanes of at least 4 members (excludes halogenated alkanes) is 12. The summed E-state index contributed by atoms with van der Waals surface area (Å²) in [5.41, 5.74) is -1.57. The molecule has 2 amide bonds. The van der Waals surface area contributed by atoms with Crippen LogP contribution in [0.5, 0.6) is 5.75 Å². The molecule has 68 heavy (non-hydrogen) atoms. The van der Waals surface area contributed by atoms with Crippen LogP contribution in [0.1, 0.15) is 181 Å². The number of hydrogen-bond donors (Lipinski definition) is 2. The minimum absolute atomic E-state index is 0.0837. The molecular weight excluding hydrogens is 873 g/mol. The molecule has 0 aliphatic carbocycles. The lowest BCUT2D eigenvalue weighted by Gasteiger charge is -2.35. The zero-order valence-corrected chi connectivity index (χ0v) is 41.4. The van der Waals surface area contributed by atoms with E-state index in [4.69, 9.17) is 28.7 Å². The highest BCUT2D eigenvalue weighted by Crippen LogP contribution is 2.41. The number of carbonyl (C=O) groups is 6. The van der Waals surface area contributed by atoms with E-state index < -0.39 is 64.9 Å². The first-order valence-electron chi connectivity index (χ1n) is 24.5. The van der Waals surface area contributed by atoms with Gasteiger partial charge in [-0.25, -0.2) is 19.4 Å². The van der Waals surface area contributed by atoms with Crippen LogP contribution < -0.4 is 20.9 Å². The number of fused-ring (bicyclic) bond motifs is 5. The number of pyridine rings is 2. The Hall–Kier alpha value is -5.80. The summed E-state index contributed by atoms with van der Waals surface area (Å²) in [7, 11) is 0. The van der Waals surface area contributed by atoms with Gasteiger partial charge < -0.3 is 38.9 Å². The molecule has 2 aliphatic rings. The van der Waals surface area contributed by atoms with Gasteiger partial charge in [-0.05, 0) is 91.1 Å². The van der Waals surface area contributed by atoms with E-state index in [-0.39, 0.29) is 61.6 Å². The summed E-state index contributed by atoms with van der Waals surface area (Å²) in [4.78, 5) is 97.4. The number of rotatable bonds is 24. The fourth-order valence-corrected chi connectivity index (χ4v) is 8.51. The van der Waals surface area contributed by atoms with E-state index in [1.165, 1.54) is 62.4 Å². The van der Waals surface area contributed by atoms with Crippen LogP contribution in [0.2, 0.25) is 0 Å². The summed E-state index contributed by atoms with van der Waals surface area (Å²) in [5, 5.41) is 5.89. The van der Waals surface area contributed by atoms with Crippen molar-refractivity contribution in [1.29, 1.82) is 0 Å². The first kappa shape index (κ1) is 53.2. The second-order valence-corrected chi connectivity index (χ2v) is 19.9. The molecule has 4 heterocycles. The van der Waals surface area contributed by atoms with Gasteiger partial charge in [-0.3, -0.25) is 19.2 Å². The van der Waals surface area contributed by atoms with Crippen molar-refractivity contribution in [1.82, 2.24) is 20.2 Å². The van der Waals surface area contributed by atoms with Gasteiger partial charge in [-0.15, -0.1) is 0 Å². The Labute approximate surface area is 399 Å². The van der Waals surface area contributed by atoms with Crippen LogP contribution in [0.3, 0.4) is 0 Å². The molecule has 16 heteroatoms. The average molecular weight is 945 g/mol. The maximum atomic E-state index is 14.1. The van der Waals surface area contributed by atoms with Crippen molar-refractivity contribution in [3.63, 3.8) is 0 Å². The van der Waals surface area contributed by atoms with Gasteiger partial charge in [0.25, 0.3) is 5.56 Å². The quantitative estimate of drug-likeness (QED) is 0.0291. The topological polar surface area (TPSA) is 208 Å². The second-order valence-electron chi connectivity index (χ2n) is 19.9. The fourth-order valence-electron chi connectivity index (χ4n) is 8.51. The molecule has 0 unspecified atom stereocenters. The number of amides is 2. The van der Waals surface area contributed by atoms with Gasteiger partial charge in [0, 0.05) is 29.4 Å². The molecule has 1 aromatic carbocycles. The Bertz CT molecular complexity index is 2360. The van der Waals surface area contributed by atoms with Crippen molar-refractivity contribution in [2.45, 2.75) is 201 Å². The van der Waals surface area contributed by atoms with E-state index >= 15 is 0 Å². The molecule has 2 atom stereocenters. The van der Waals surface area contributed by atoms with Crippen molar-refractivity contribution in [2.24, 2.45) is 0 Å². The third kappa shape index (κ3) is 14.8. The van der Waals surface area contributed by atoms with Gasteiger partial charge in [0.15, 0.2) is 0 Å². The zero-order chi connectivity index (χ0) is 49.6. The molecule has 0 bridgehead atoms. The Morgan fingerprint density at radius 2 is 1.43 bits per heavy atom. The minimum atomic E-state index is -2.00. The second kappa shape index (κ2) is 24.0. The first-order chi connectivity index (χ1) is 32.2. The number of esters is 3. The van der Waals surface area contributed by atoms with Gasteiger partial charge in [0.05, 0.1) is 29.0 Å². The van der Waals surface area contributed by atoms with Gasteiger partial charge in [0.1, 0.15) is 36.1 Å². The van der Waals surface area contributed by atoms with Gasteiger partial charge in [-0.1, -0.05) is 90.9 Å². The lowest BCUT2D eigenvalue weighted by atomic mass is 9.85. The normalized spacial score (nSPS) is 15.6. The molecule has 16 nitrogen and oxygen atoms in total. The van der Waals surface area contributed by atoms with Crippen molar-refractivity contribution in [2.75, 3.05) is 6.54 Å². The number of nitrogens with one attached hydrogen (secondary N) is 2. The van der Waals surface area contributed by atoms with Crippen molar-refractivity contribution in [3.8, 4) is 17.1 Å². The average Bonchev–Trinajstić information content (AvgIpc) is 3.62. The van der Waals surface area contributed by atoms with Crippen LogP contribution in [-0.4, -0.2) is 69.2 Å². The summed E-state index contributed by atoms with van der Waals surface area (Å²) in [6.07, 6.45) is 14.3. The van der Waals surface area contributed by atoms with Gasteiger partial charge in [-0.2, -0.15) is 0 Å². The Morgan fingerprint density at radius 3 is 2.04 bits per heavy atom. The molecule has 0 saturated carbocycles. The highest BCUT2D eigenvalue weighted by molar-refractivity contribution is 5.90. The first-order valence-corrected chi connectivity index (χ1v) is 24.5. The lowest BCUT2D eigenvalue weighted by molar-refractivity contribution is -0.189. The maximum Gasteiger partial charge on any atom is 0.514 e. The molecule has 5 rings (SSSR count). The molecule has 2 N–H and O–H groups in total. The number of benzene rings is 1. The Kier molecular flexibility index (Phi) is 18.7. The highest BCUT2D eigenvalue weighted by Gasteiger charge is 2.50. The summed E-state index contributed by atoms with van der Waals surface area (Å²) in [5.74, 6) is -3.16. The molecular formula is C52H72N4O12. The standard InChI is InChI=1S/C52H72N4O12/c1-9-11-12-13-14-15-16-17-18-19-20-21-22-23-43(58)54-40(47(61)67-50(3,4)5)26-27-42(57)53-31-44(59)66-52(10-2)38-30-41-45-35(32-56(41)46(60)37(38)33-64-48(52)62)28-34-29-36(24-25-39(34)55-45)65-49(63)68-51(6,7)8/h24-25,28-30,40H,9-23,26-27,31-33H2,1-8H3,(H,53,57)(H,54,58)/t40-,52-/m0/s1. The highest BCUT2D eigenvalue weighted by atomic mass is 16.7. The third-order valence-corrected chi connectivity index (χ3v) is 11.9. The molecule has 3 aromatic rings. The fraction of sp³-hybridized carbons (Fsp3) is 0.615. The monoisotopic (exact) mass is 945 g/mol. The smallest absolute Gasteiger partial charge is 0.458 e. The Balaban J connectivity index is 1.17. The number of nitrogens with zero attached hydrogens (tertiary/aromatic N) is 2. The van der Waals surface area contributed by atoms with E-state index in [2.05, 4.69) is 17.6 Å².